The molecule has 0 aromatic carbocycles. The number of carbonyl (C=O) groups excluding carboxylic acids is 1. The van der Waals surface area contributed by atoms with Crippen molar-refractivity contribution in [1.82, 2.24) is 14.9 Å². The summed E-state index contributed by atoms with van der Waals surface area (Å²) in [6.45, 7) is 0.507. The van der Waals surface area contributed by atoms with Crippen LogP contribution in [0.25, 0.3) is 0 Å². The summed E-state index contributed by atoms with van der Waals surface area (Å²) in [7, 11) is 3.75. The molecule has 2 atom stereocenters. The Bertz CT molecular complexity index is 762. The first kappa shape index (κ1) is 16.9. The summed E-state index contributed by atoms with van der Waals surface area (Å²) in [6, 6.07) is 8.91. The highest BCUT2D eigenvalue weighted by Crippen LogP contribution is 2.32. The number of nitrogens with zero attached hydrogens (tertiary/aromatic N) is 4. The summed E-state index contributed by atoms with van der Waals surface area (Å²) in [4.78, 5) is 36.3. The van der Waals surface area contributed by atoms with Gasteiger partial charge in [-0.2, -0.15) is 0 Å². The zero-order valence-electron chi connectivity index (χ0n) is 14.2. The van der Waals surface area contributed by atoms with Crippen LogP contribution in [0.2, 0.25) is 0 Å². The summed E-state index contributed by atoms with van der Waals surface area (Å²) in [6.07, 6.45) is 3.17. The van der Waals surface area contributed by atoms with Crippen molar-refractivity contribution in [2.24, 2.45) is 5.92 Å². The highest BCUT2D eigenvalue weighted by Gasteiger charge is 2.41. The molecule has 2 aromatic rings. The number of carboxylic acid groups (broad SMARTS) is 1. The zero-order valence-corrected chi connectivity index (χ0v) is 14.2. The number of amides is 1. The summed E-state index contributed by atoms with van der Waals surface area (Å²) >= 11 is 0. The standard InChI is InChI=1S/C18H20N4O3/c1-21(2)16-7-6-12(9-20-16)17(23)22-10-13(14(11-22)18(24)25)15-5-3-4-8-19-15/h3-9,13-14H,10-11H2,1-2H3,(H,24,25). The van der Waals surface area contributed by atoms with E-state index in [1.165, 1.54) is 6.20 Å². The topological polar surface area (TPSA) is 86.6 Å². The molecule has 0 bridgehead atoms. The lowest BCUT2D eigenvalue weighted by Gasteiger charge is -2.17. The third-order valence-corrected chi connectivity index (χ3v) is 4.44. The van der Waals surface area contributed by atoms with Crippen molar-refractivity contribution in [3.63, 3.8) is 0 Å². The maximum atomic E-state index is 12.7. The van der Waals surface area contributed by atoms with Gasteiger partial charge in [-0.3, -0.25) is 14.6 Å². The first-order chi connectivity index (χ1) is 12.0. The van der Waals surface area contributed by atoms with E-state index in [0.717, 1.165) is 5.82 Å². The van der Waals surface area contributed by atoms with Gasteiger partial charge in [0.25, 0.3) is 5.91 Å². The number of carbonyl (C=O) groups is 2. The Morgan fingerprint density at radius 3 is 2.52 bits per heavy atom. The number of rotatable bonds is 4. The molecule has 3 heterocycles. The van der Waals surface area contributed by atoms with Crippen molar-refractivity contribution >= 4 is 17.7 Å². The highest BCUT2D eigenvalue weighted by molar-refractivity contribution is 5.95. The SMILES string of the molecule is CN(C)c1ccc(C(=O)N2CC(C(=O)O)C(c3ccccn3)C2)cn1. The Balaban J connectivity index is 1.81. The maximum absolute atomic E-state index is 12.7. The number of hydrogen-bond donors (Lipinski definition) is 1. The van der Waals surface area contributed by atoms with Crippen LogP contribution in [0, 0.1) is 5.92 Å². The van der Waals surface area contributed by atoms with Crippen LogP contribution in [0.15, 0.2) is 42.7 Å². The van der Waals surface area contributed by atoms with Gasteiger partial charge in [0.2, 0.25) is 0 Å². The molecule has 130 valence electrons. The van der Waals surface area contributed by atoms with Crippen molar-refractivity contribution < 1.29 is 14.7 Å². The molecule has 3 rings (SSSR count). The van der Waals surface area contributed by atoms with Gasteiger partial charge < -0.3 is 14.9 Å². The molecular weight excluding hydrogens is 320 g/mol. The Hall–Kier alpha value is -2.96. The molecule has 1 saturated heterocycles. The van der Waals surface area contributed by atoms with Gasteiger partial charge in [0, 0.05) is 51.2 Å². The van der Waals surface area contributed by atoms with E-state index >= 15 is 0 Å². The molecule has 1 fully saturated rings. The summed E-state index contributed by atoms with van der Waals surface area (Å²) in [5, 5.41) is 9.53. The van der Waals surface area contributed by atoms with Gasteiger partial charge >= 0.3 is 5.97 Å². The third-order valence-electron chi connectivity index (χ3n) is 4.44. The Kier molecular flexibility index (Phi) is 4.65. The number of hydrogen-bond acceptors (Lipinski definition) is 5. The van der Waals surface area contributed by atoms with Crippen molar-refractivity contribution in [3.8, 4) is 0 Å². The van der Waals surface area contributed by atoms with Crippen molar-refractivity contribution in [1.29, 1.82) is 0 Å². The Labute approximate surface area is 145 Å². The zero-order chi connectivity index (χ0) is 18.0. The van der Waals surface area contributed by atoms with Crippen molar-refractivity contribution in [2.45, 2.75) is 5.92 Å². The van der Waals surface area contributed by atoms with Crippen LogP contribution in [0.1, 0.15) is 22.0 Å². The molecule has 0 aliphatic carbocycles. The molecule has 1 amide bonds. The minimum Gasteiger partial charge on any atom is -0.481 e. The number of aliphatic carboxylic acids is 1. The molecule has 1 N–H and O–H groups in total. The lowest BCUT2D eigenvalue weighted by Crippen LogP contribution is -2.30. The van der Waals surface area contributed by atoms with E-state index in [1.807, 2.05) is 31.1 Å². The van der Waals surface area contributed by atoms with Gasteiger partial charge in [0.1, 0.15) is 5.82 Å². The maximum Gasteiger partial charge on any atom is 0.309 e. The van der Waals surface area contributed by atoms with Crippen LogP contribution in [0.3, 0.4) is 0 Å². The third kappa shape index (κ3) is 3.45. The predicted octanol–water partition coefficient (Wildman–Crippen LogP) is 1.48. The minimum atomic E-state index is -0.910. The van der Waals surface area contributed by atoms with Crippen molar-refractivity contribution in [3.05, 3.63) is 54.0 Å². The van der Waals surface area contributed by atoms with E-state index in [0.29, 0.717) is 17.8 Å². The normalized spacial score (nSPS) is 19.7. The lowest BCUT2D eigenvalue weighted by atomic mass is 9.93. The van der Waals surface area contributed by atoms with Gasteiger partial charge in [0.05, 0.1) is 11.5 Å². The fourth-order valence-electron chi connectivity index (χ4n) is 3.07. The fraction of sp³-hybridized carbons (Fsp3) is 0.333. The predicted molar refractivity (Wildman–Crippen MR) is 92.6 cm³/mol. The average molecular weight is 340 g/mol. The van der Waals surface area contributed by atoms with Crippen LogP contribution in [0.5, 0.6) is 0 Å². The van der Waals surface area contributed by atoms with Gasteiger partial charge in [-0.15, -0.1) is 0 Å². The van der Waals surface area contributed by atoms with Crippen molar-refractivity contribution in [2.75, 3.05) is 32.1 Å². The second-order valence-electron chi connectivity index (χ2n) is 6.32. The number of pyridine rings is 2. The minimum absolute atomic E-state index is 0.171. The van der Waals surface area contributed by atoms with Gasteiger partial charge in [-0.05, 0) is 24.3 Å². The van der Waals surface area contributed by atoms with Gasteiger partial charge in [-0.1, -0.05) is 6.07 Å². The first-order valence-corrected chi connectivity index (χ1v) is 8.03. The second kappa shape index (κ2) is 6.88. The largest absolute Gasteiger partial charge is 0.481 e. The number of carboxylic acids is 1. The van der Waals surface area contributed by atoms with E-state index in [9.17, 15) is 14.7 Å². The van der Waals surface area contributed by atoms with Crippen LogP contribution < -0.4 is 4.90 Å². The quantitative estimate of drug-likeness (QED) is 0.907. The molecule has 2 aromatic heterocycles. The molecular formula is C18H20N4O3. The molecule has 0 spiro atoms. The van der Waals surface area contributed by atoms with E-state index in [4.69, 9.17) is 0 Å². The fourth-order valence-corrected chi connectivity index (χ4v) is 3.07. The molecule has 1 aliphatic heterocycles. The average Bonchev–Trinajstić information content (AvgIpc) is 3.07. The van der Waals surface area contributed by atoms with Gasteiger partial charge in [-0.25, -0.2) is 4.98 Å². The van der Waals surface area contributed by atoms with Gasteiger partial charge in [0.15, 0.2) is 0 Å². The lowest BCUT2D eigenvalue weighted by molar-refractivity contribution is -0.141. The van der Waals surface area contributed by atoms with E-state index < -0.39 is 11.9 Å². The molecule has 0 radical (unpaired) electrons. The number of aromatic nitrogens is 2. The monoisotopic (exact) mass is 340 g/mol. The molecule has 25 heavy (non-hydrogen) atoms. The first-order valence-electron chi connectivity index (χ1n) is 8.03. The van der Waals surface area contributed by atoms with E-state index in [1.54, 1.807) is 29.3 Å². The summed E-state index contributed by atoms with van der Waals surface area (Å²) in [5.74, 6) is -1.33. The molecule has 2 unspecified atom stereocenters. The smallest absolute Gasteiger partial charge is 0.309 e. The summed E-state index contributed by atoms with van der Waals surface area (Å²) in [5.41, 5.74) is 1.16. The Morgan fingerprint density at radius 2 is 1.96 bits per heavy atom. The molecule has 7 heteroatoms. The molecule has 1 aliphatic rings. The summed E-state index contributed by atoms with van der Waals surface area (Å²) < 4.78 is 0. The Morgan fingerprint density at radius 1 is 1.16 bits per heavy atom. The van der Waals surface area contributed by atoms with Crippen LogP contribution in [-0.2, 0) is 4.79 Å². The highest BCUT2D eigenvalue weighted by atomic mass is 16.4. The van der Waals surface area contributed by atoms with Crippen LogP contribution in [0.4, 0.5) is 5.82 Å². The van der Waals surface area contributed by atoms with E-state index in [-0.39, 0.29) is 18.4 Å². The molecule has 7 nitrogen and oxygen atoms in total. The van der Waals surface area contributed by atoms with Crippen LogP contribution >= 0.6 is 0 Å². The van der Waals surface area contributed by atoms with Crippen LogP contribution in [-0.4, -0.2) is 59.0 Å². The van der Waals surface area contributed by atoms with E-state index in [2.05, 4.69) is 9.97 Å². The molecule has 0 saturated carbocycles. The second-order valence-corrected chi connectivity index (χ2v) is 6.32. The number of likely N-dealkylation sites (tertiary alicyclic amines) is 1. The number of anilines is 1.